The van der Waals surface area contributed by atoms with E-state index >= 15 is 0 Å². The summed E-state index contributed by atoms with van der Waals surface area (Å²) in [5.74, 6) is 2.13. The van der Waals surface area contributed by atoms with Crippen LogP contribution in [0.4, 0.5) is 5.69 Å². The molecule has 2 aromatic rings. The highest BCUT2D eigenvalue weighted by Crippen LogP contribution is 2.35. The number of nitrogens with one attached hydrogen (secondary N) is 1. The van der Waals surface area contributed by atoms with Crippen LogP contribution in [0.1, 0.15) is 38.8 Å². The first-order chi connectivity index (χ1) is 11.9. The molecule has 0 aromatic heterocycles. The average Bonchev–Trinajstić information content (AvgIpc) is 2.55. The van der Waals surface area contributed by atoms with Crippen molar-refractivity contribution in [3.63, 3.8) is 0 Å². The second-order valence-corrected chi connectivity index (χ2v) is 7.35. The van der Waals surface area contributed by atoms with Crippen molar-refractivity contribution in [2.45, 2.75) is 46.8 Å². The average molecular weight is 362 g/mol. The van der Waals surface area contributed by atoms with Gasteiger partial charge in [-0.25, -0.2) is 0 Å². The predicted octanol–water partition coefficient (Wildman–Crippen LogP) is 5.95. The van der Waals surface area contributed by atoms with Crippen LogP contribution in [0.25, 0.3) is 0 Å². The molecule has 4 heteroatoms. The fourth-order valence-electron chi connectivity index (χ4n) is 2.71. The van der Waals surface area contributed by atoms with E-state index in [1.807, 2.05) is 30.3 Å². The summed E-state index contributed by atoms with van der Waals surface area (Å²) in [6, 6.07) is 12.2. The van der Waals surface area contributed by atoms with Crippen LogP contribution in [-0.2, 0) is 13.0 Å². The molecule has 0 spiro atoms. The van der Waals surface area contributed by atoms with Crippen LogP contribution in [0, 0.1) is 5.92 Å². The Balaban J connectivity index is 2.18. The molecular weight excluding hydrogens is 334 g/mol. The highest BCUT2D eigenvalue weighted by Gasteiger charge is 2.12. The van der Waals surface area contributed by atoms with Crippen molar-refractivity contribution in [2.24, 2.45) is 5.92 Å². The lowest BCUT2D eigenvalue weighted by Crippen LogP contribution is -2.12. The van der Waals surface area contributed by atoms with Gasteiger partial charge in [0.15, 0.2) is 0 Å². The summed E-state index contributed by atoms with van der Waals surface area (Å²) < 4.78 is 11.5. The minimum Gasteiger partial charge on any atom is -0.494 e. The molecule has 0 aliphatic carbocycles. The minimum absolute atomic E-state index is 0.284. The van der Waals surface area contributed by atoms with Crippen LogP contribution in [0.2, 0.25) is 5.02 Å². The van der Waals surface area contributed by atoms with E-state index in [2.05, 4.69) is 39.1 Å². The number of benzene rings is 2. The molecular formula is C21H28ClNO2. The normalized spacial score (nSPS) is 11.0. The molecule has 25 heavy (non-hydrogen) atoms. The minimum atomic E-state index is 0.284. The third-order valence-corrected chi connectivity index (χ3v) is 4.14. The Bertz CT molecular complexity index is 698. The summed E-state index contributed by atoms with van der Waals surface area (Å²) in [6.45, 7) is 9.06. The first kappa shape index (κ1) is 19.5. The maximum atomic E-state index is 6.31. The van der Waals surface area contributed by atoms with Gasteiger partial charge in [-0.15, -0.1) is 0 Å². The molecule has 0 heterocycles. The lowest BCUT2D eigenvalue weighted by atomic mass is 10.0. The first-order valence-electron chi connectivity index (χ1n) is 8.74. The Morgan fingerprint density at radius 3 is 2.40 bits per heavy atom. The molecule has 0 unspecified atom stereocenters. The van der Waals surface area contributed by atoms with E-state index in [0.29, 0.717) is 12.5 Å². The number of hydrogen-bond acceptors (Lipinski definition) is 3. The molecule has 0 bridgehead atoms. The van der Waals surface area contributed by atoms with Gasteiger partial charge in [-0.1, -0.05) is 43.6 Å². The van der Waals surface area contributed by atoms with Gasteiger partial charge in [0.1, 0.15) is 23.8 Å². The van der Waals surface area contributed by atoms with Gasteiger partial charge in [-0.05, 0) is 55.5 Å². The second-order valence-electron chi connectivity index (χ2n) is 6.94. The highest BCUT2D eigenvalue weighted by molar-refractivity contribution is 6.31. The van der Waals surface area contributed by atoms with Crippen molar-refractivity contribution in [1.29, 1.82) is 0 Å². The summed E-state index contributed by atoms with van der Waals surface area (Å²) in [5.41, 5.74) is 3.17. The predicted molar refractivity (Wildman–Crippen MR) is 106 cm³/mol. The van der Waals surface area contributed by atoms with E-state index in [1.165, 1.54) is 5.56 Å². The zero-order chi connectivity index (χ0) is 18.4. The van der Waals surface area contributed by atoms with Crippen molar-refractivity contribution < 1.29 is 9.47 Å². The Morgan fingerprint density at radius 2 is 1.76 bits per heavy atom. The van der Waals surface area contributed by atoms with Gasteiger partial charge in [-0.3, -0.25) is 0 Å². The maximum Gasteiger partial charge on any atom is 0.146 e. The van der Waals surface area contributed by atoms with Gasteiger partial charge in [0, 0.05) is 11.1 Å². The van der Waals surface area contributed by atoms with Crippen molar-refractivity contribution in [2.75, 3.05) is 12.4 Å². The van der Waals surface area contributed by atoms with Gasteiger partial charge in [0.2, 0.25) is 0 Å². The lowest BCUT2D eigenvalue weighted by molar-refractivity contribution is 0.305. The molecule has 0 atom stereocenters. The van der Waals surface area contributed by atoms with Crippen LogP contribution >= 0.6 is 11.6 Å². The summed E-state index contributed by atoms with van der Waals surface area (Å²) in [7, 11) is 1.67. The third kappa shape index (κ3) is 5.57. The first-order valence-corrected chi connectivity index (χ1v) is 9.12. The van der Waals surface area contributed by atoms with Gasteiger partial charge in [0.05, 0.1) is 7.11 Å². The smallest absolute Gasteiger partial charge is 0.146 e. The highest BCUT2D eigenvalue weighted by atomic mass is 35.5. The largest absolute Gasteiger partial charge is 0.494 e. The standard InChI is InChI=1S/C21H28ClNO2/c1-14(2)11-17-12-16(9-10-18(17)22)13-25-20-8-6-7-19(24-5)21(20)23-15(3)4/h6-10,12,14-15,23H,11,13H2,1-5H3. The zero-order valence-corrected chi connectivity index (χ0v) is 16.5. The van der Waals surface area contributed by atoms with E-state index in [-0.39, 0.29) is 6.04 Å². The summed E-state index contributed by atoms with van der Waals surface area (Å²) in [5, 5.41) is 4.23. The zero-order valence-electron chi connectivity index (χ0n) is 15.7. The fourth-order valence-corrected chi connectivity index (χ4v) is 2.90. The fraction of sp³-hybridized carbons (Fsp3) is 0.429. The SMILES string of the molecule is COc1cccc(OCc2ccc(Cl)c(CC(C)C)c2)c1NC(C)C. The molecule has 2 aromatic carbocycles. The Labute approximate surface area is 156 Å². The van der Waals surface area contributed by atoms with Crippen LogP contribution in [0.5, 0.6) is 11.5 Å². The number of methoxy groups -OCH3 is 1. The van der Waals surface area contributed by atoms with Gasteiger partial charge in [0.25, 0.3) is 0 Å². The molecule has 0 amide bonds. The van der Waals surface area contributed by atoms with Gasteiger partial charge >= 0.3 is 0 Å². The van der Waals surface area contributed by atoms with Gasteiger partial charge < -0.3 is 14.8 Å². The Morgan fingerprint density at radius 1 is 1.04 bits per heavy atom. The molecule has 2 rings (SSSR count). The molecule has 0 saturated carbocycles. The molecule has 1 N–H and O–H groups in total. The van der Waals surface area contributed by atoms with Crippen LogP contribution in [-0.4, -0.2) is 13.2 Å². The molecule has 0 aliphatic heterocycles. The molecule has 0 fully saturated rings. The summed E-state index contributed by atoms with van der Waals surface area (Å²) >= 11 is 6.31. The van der Waals surface area contributed by atoms with Crippen LogP contribution < -0.4 is 14.8 Å². The lowest BCUT2D eigenvalue weighted by Gasteiger charge is -2.18. The summed E-state index contributed by atoms with van der Waals surface area (Å²) in [4.78, 5) is 0. The van der Waals surface area contributed by atoms with E-state index in [9.17, 15) is 0 Å². The number of para-hydroxylation sites is 1. The third-order valence-electron chi connectivity index (χ3n) is 3.77. The Kier molecular flexibility index (Phi) is 7.01. The van der Waals surface area contributed by atoms with E-state index in [1.54, 1.807) is 7.11 Å². The van der Waals surface area contributed by atoms with Crippen molar-refractivity contribution in [3.8, 4) is 11.5 Å². The Hall–Kier alpha value is -1.87. The summed E-state index contributed by atoms with van der Waals surface area (Å²) in [6.07, 6.45) is 0.964. The number of rotatable bonds is 8. The molecule has 136 valence electrons. The topological polar surface area (TPSA) is 30.5 Å². The van der Waals surface area contributed by atoms with Crippen molar-refractivity contribution in [1.82, 2.24) is 0 Å². The van der Waals surface area contributed by atoms with Crippen LogP contribution in [0.15, 0.2) is 36.4 Å². The number of hydrogen-bond donors (Lipinski definition) is 1. The van der Waals surface area contributed by atoms with E-state index < -0.39 is 0 Å². The molecule has 0 aliphatic rings. The number of ether oxygens (including phenoxy) is 2. The quantitative estimate of drug-likeness (QED) is 0.630. The van der Waals surface area contributed by atoms with E-state index in [0.717, 1.165) is 34.2 Å². The molecule has 0 saturated heterocycles. The van der Waals surface area contributed by atoms with Crippen LogP contribution in [0.3, 0.4) is 0 Å². The van der Waals surface area contributed by atoms with E-state index in [4.69, 9.17) is 21.1 Å². The second kappa shape index (κ2) is 9.00. The van der Waals surface area contributed by atoms with Crippen molar-refractivity contribution in [3.05, 3.63) is 52.5 Å². The maximum absolute atomic E-state index is 6.31. The van der Waals surface area contributed by atoms with Crippen molar-refractivity contribution >= 4 is 17.3 Å². The van der Waals surface area contributed by atoms with Gasteiger partial charge in [-0.2, -0.15) is 0 Å². The molecule has 0 radical (unpaired) electrons. The monoisotopic (exact) mass is 361 g/mol. The molecule has 3 nitrogen and oxygen atoms in total. The number of halogens is 1. The number of anilines is 1.